The molecule has 52 valence electrons. The number of hydrogen-bond acceptors (Lipinski definition) is 1. The molecule has 2 atom stereocenters. The second-order valence-corrected chi connectivity index (χ2v) is 2.82. The Bertz CT molecular complexity index is 98.7. The highest BCUT2D eigenvalue weighted by Gasteiger charge is 2.20. The van der Waals surface area contributed by atoms with E-state index in [9.17, 15) is 0 Å². The van der Waals surface area contributed by atoms with Gasteiger partial charge in [-0.05, 0) is 32.2 Å². The first-order chi connectivity index (χ1) is 4.34. The van der Waals surface area contributed by atoms with E-state index in [4.69, 9.17) is 0 Å². The molecule has 0 saturated carbocycles. The summed E-state index contributed by atoms with van der Waals surface area (Å²) in [5.74, 6) is 0.850. The van der Waals surface area contributed by atoms with Gasteiger partial charge in [0.25, 0.3) is 0 Å². The highest BCUT2D eigenvalue weighted by atomic mass is 14.9. The topological polar surface area (TPSA) is 12.0 Å². The van der Waals surface area contributed by atoms with Crippen molar-refractivity contribution in [3.05, 3.63) is 12.7 Å². The van der Waals surface area contributed by atoms with E-state index in [1.165, 1.54) is 19.4 Å². The van der Waals surface area contributed by atoms with Gasteiger partial charge in [-0.3, -0.25) is 0 Å². The van der Waals surface area contributed by atoms with Gasteiger partial charge in [0.2, 0.25) is 0 Å². The van der Waals surface area contributed by atoms with Gasteiger partial charge >= 0.3 is 0 Å². The van der Waals surface area contributed by atoms with Crippen LogP contribution in [0.3, 0.4) is 0 Å². The molecule has 1 N–H and O–H groups in total. The quantitative estimate of drug-likeness (QED) is 0.552. The van der Waals surface area contributed by atoms with Crippen molar-refractivity contribution in [1.82, 2.24) is 5.32 Å². The van der Waals surface area contributed by atoms with Crippen LogP contribution < -0.4 is 5.32 Å². The summed E-state index contributed by atoms with van der Waals surface area (Å²) in [6.07, 6.45) is 4.52. The van der Waals surface area contributed by atoms with Gasteiger partial charge in [0.15, 0.2) is 0 Å². The van der Waals surface area contributed by atoms with Crippen LogP contribution in [0, 0.1) is 5.92 Å². The van der Waals surface area contributed by atoms with Crippen LogP contribution in [-0.2, 0) is 0 Å². The van der Waals surface area contributed by atoms with Crippen LogP contribution in [0.4, 0.5) is 0 Å². The number of rotatable bonds is 2. The van der Waals surface area contributed by atoms with Crippen molar-refractivity contribution < 1.29 is 0 Å². The van der Waals surface area contributed by atoms with E-state index in [1.54, 1.807) is 0 Å². The van der Waals surface area contributed by atoms with Crippen LogP contribution in [0.2, 0.25) is 0 Å². The summed E-state index contributed by atoms with van der Waals surface area (Å²) in [5.41, 5.74) is 0. The predicted octanol–water partition coefficient (Wildman–Crippen LogP) is 1.56. The number of hydrogen-bond donors (Lipinski definition) is 1. The van der Waals surface area contributed by atoms with E-state index in [0.29, 0.717) is 6.04 Å². The van der Waals surface area contributed by atoms with E-state index in [2.05, 4.69) is 18.8 Å². The minimum atomic E-state index is 0.711. The minimum absolute atomic E-state index is 0.711. The molecule has 1 aliphatic rings. The predicted molar refractivity (Wildman–Crippen MR) is 40.4 cm³/mol. The molecule has 1 heterocycles. The molecule has 0 aromatic heterocycles. The molecule has 1 fully saturated rings. The van der Waals surface area contributed by atoms with E-state index < -0.39 is 0 Å². The lowest BCUT2D eigenvalue weighted by Gasteiger charge is -2.10. The summed E-state index contributed by atoms with van der Waals surface area (Å²) in [7, 11) is 0. The van der Waals surface area contributed by atoms with Crippen molar-refractivity contribution in [2.45, 2.75) is 25.8 Å². The summed E-state index contributed by atoms with van der Waals surface area (Å²) in [5, 5.41) is 3.41. The molecule has 1 aliphatic heterocycles. The maximum absolute atomic E-state index is 3.73. The van der Waals surface area contributed by atoms with Crippen molar-refractivity contribution >= 4 is 0 Å². The van der Waals surface area contributed by atoms with E-state index in [-0.39, 0.29) is 0 Å². The monoisotopic (exact) mass is 125 g/mol. The third-order valence-corrected chi connectivity index (χ3v) is 2.16. The Morgan fingerprint density at radius 3 is 3.00 bits per heavy atom. The molecule has 1 heteroatoms. The molecule has 0 bridgehead atoms. The molecule has 0 aromatic rings. The summed E-state index contributed by atoms with van der Waals surface area (Å²) < 4.78 is 0. The Kier molecular flexibility index (Phi) is 2.29. The van der Waals surface area contributed by atoms with Gasteiger partial charge in [-0.2, -0.15) is 0 Å². The van der Waals surface area contributed by atoms with Crippen LogP contribution in [0.15, 0.2) is 12.7 Å². The zero-order valence-electron chi connectivity index (χ0n) is 6.06. The molecule has 2 unspecified atom stereocenters. The van der Waals surface area contributed by atoms with Crippen molar-refractivity contribution in [1.29, 1.82) is 0 Å². The maximum atomic E-state index is 3.73. The first-order valence-electron chi connectivity index (χ1n) is 3.69. The van der Waals surface area contributed by atoms with E-state index in [0.717, 1.165) is 5.92 Å². The Balaban J connectivity index is 2.30. The average molecular weight is 125 g/mol. The van der Waals surface area contributed by atoms with Crippen molar-refractivity contribution in [2.24, 2.45) is 5.92 Å². The van der Waals surface area contributed by atoms with Crippen LogP contribution in [0.1, 0.15) is 19.8 Å². The minimum Gasteiger partial charge on any atom is -0.314 e. The average Bonchev–Trinajstić information content (AvgIpc) is 2.18. The molecule has 0 aliphatic carbocycles. The lowest BCUT2D eigenvalue weighted by molar-refractivity contribution is 0.482. The highest BCUT2D eigenvalue weighted by molar-refractivity contribution is 4.85. The van der Waals surface area contributed by atoms with Crippen LogP contribution >= 0.6 is 0 Å². The standard InChI is InChI=1S/C8H15N/c1-3-4-8-5-6-9-7(8)2/h3,7-9H,1,4-6H2,2H3. The van der Waals surface area contributed by atoms with Crippen molar-refractivity contribution in [2.75, 3.05) is 6.54 Å². The van der Waals surface area contributed by atoms with Crippen LogP contribution in [-0.4, -0.2) is 12.6 Å². The second kappa shape index (κ2) is 3.02. The molecular formula is C8H15N. The molecule has 1 saturated heterocycles. The highest BCUT2D eigenvalue weighted by Crippen LogP contribution is 2.18. The Morgan fingerprint density at radius 1 is 1.78 bits per heavy atom. The van der Waals surface area contributed by atoms with Gasteiger partial charge in [-0.25, -0.2) is 0 Å². The molecule has 0 amide bonds. The summed E-state index contributed by atoms with van der Waals surface area (Å²) >= 11 is 0. The third-order valence-electron chi connectivity index (χ3n) is 2.16. The molecule has 0 spiro atoms. The number of allylic oxidation sites excluding steroid dienone is 1. The maximum Gasteiger partial charge on any atom is 0.00704 e. The molecule has 1 nitrogen and oxygen atoms in total. The van der Waals surface area contributed by atoms with Gasteiger partial charge < -0.3 is 5.32 Å². The Morgan fingerprint density at radius 2 is 2.56 bits per heavy atom. The fraction of sp³-hybridized carbons (Fsp3) is 0.750. The van der Waals surface area contributed by atoms with Gasteiger partial charge in [-0.15, -0.1) is 6.58 Å². The lowest BCUT2D eigenvalue weighted by Crippen LogP contribution is -2.22. The fourth-order valence-corrected chi connectivity index (χ4v) is 1.45. The van der Waals surface area contributed by atoms with Gasteiger partial charge in [0, 0.05) is 6.04 Å². The normalized spacial score (nSPS) is 34.8. The first-order valence-corrected chi connectivity index (χ1v) is 3.69. The largest absolute Gasteiger partial charge is 0.314 e. The zero-order chi connectivity index (χ0) is 6.69. The van der Waals surface area contributed by atoms with Crippen LogP contribution in [0.25, 0.3) is 0 Å². The molecule has 0 radical (unpaired) electrons. The zero-order valence-corrected chi connectivity index (χ0v) is 6.06. The van der Waals surface area contributed by atoms with Gasteiger partial charge in [0.05, 0.1) is 0 Å². The molecule has 0 aromatic carbocycles. The summed E-state index contributed by atoms with van der Waals surface area (Å²) in [4.78, 5) is 0. The van der Waals surface area contributed by atoms with Crippen LogP contribution in [0.5, 0.6) is 0 Å². The first kappa shape index (κ1) is 6.81. The third kappa shape index (κ3) is 1.55. The summed E-state index contributed by atoms with van der Waals surface area (Å²) in [6, 6.07) is 0.711. The van der Waals surface area contributed by atoms with Crippen molar-refractivity contribution in [3.63, 3.8) is 0 Å². The molecule has 9 heavy (non-hydrogen) atoms. The number of nitrogens with one attached hydrogen (secondary N) is 1. The SMILES string of the molecule is C=CCC1CCNC1C. The Hall–Kier alpha value is -0.300. The van der Waals surface area contributed by atoms with Gasteiger partial charge in [-0.1, -0.05) is 6.08 Å². The summed E-state index contributed by atoms with van der Waals surface area (Å²) in [6.45, 7) is 7.18. The fourth-order valence-electron chi connectivity index (χ4n) is 1.45. The van der Waals surface area contributed by atoms with Crippen molar-refractivity contribution in [3.8, 4) is 0 Å². The molecular weight excluding hydrogens is 110 g/mol. The van der Waals surface area contributed by atoms with E-state index >= 15 is 0 Å². The smallest absolute Gasteiger partial charge is 0.00704 e. The lowest BCUT2D eigenvalue weighted by atomic mass is 9.99. The van der Waals surface area contributed by atoms with Gasteiger partial charge in [0.1, 0.15) is 0 Å². The second-order valence-electron chi connectivity index (χ2n) is 2.82. The van der Waals surface area contributed by atoms with E-state index in [1.807, 2.05) is 6.08 Å². The Labute approximate surface area is 57.1 Å². The molecule has 1 rings (SSSR count).